The molecule has 0 fully saturated rings. The molecule has 0 saturated carbocycles. The number of hydrogen-bond acceptors (Lipinski definition) is 7. The van der Waals surface area contributed by atoms with Gasteiger partial charge in [-0.1, -0.05) is 36.0 Å². The van der Waals surface area contributed by atoms with Crippen molar-refractivity contribution in [2.45, 2.75) is 30.9 Å². The maximum atomic E-state index is 13.1. The zero-order valence-corrected chi connectivity index (χ0v) is 20.7. The number of halogens is 1. The zero-order valence-electron chi connectivity index (χ0n) is 19.8. The Morgan fingerprint density at radius 2 is 1.61 bits per heavy atom. The van der Waals surface area contributed by atoms with Crippen molar-refractivity contribution in [3.8, 4) is 17.2 Å². The Labute approximate surface area is 212 Å². The lowest BCUT2D eigenvalue weighted by molar-refractivity contribution is -0.479. The second kappa shape index (κ2) is 11.7. The Kier molecular flexibility index (Phi) is 8.17. The smallest absolute Gasteiger partial charge is 0.220 e. The average molecular weight is 509 g/mol. The van der Waals surface area contributed by atoms with Gasteiger partial charge in [-0.15, -0.1) is 10.2 Å². The average Bonchev–Trinajstić information content (AvgIpc) is 3.24. The van der Waals surface area contributed by atoms with Crippen LogP contribution in [0.4, 0.5) is 4.39 Å². The number of aromatic nitrogens is 3. The van der Waals surface area contributed by atoms with Crippen molar-refractivity contribution in [1.29, 1.82) is 0 Å². The Balaban J connectivity index is 1.51. The molecule has 0 spiro atoms. The van der Waals surface area contributed by atoms with Crippen LogP contribution < -0.4 is 9.47 Å². The molecule has 36 heavy (non-hydrogen) atoms. The maximum absolute atomic E-state index is 13.1. The van der Waals surface area contributed by atoms with Gasteiger partial charge in [-0.2, -0.15) is 0 Å². The molecule has 0 aliphatic heterocycles. The first kappa shape index (κ1) is 25.2. The van der Waals surface area contributed by atoms with E-state index in [2.05, 4.69) is 10.2 Å². The molecule has 1 atom stereocenters. The number of ether oxygens (including phenoxy) is 2. The van der Waals surface area contributed by atoms with E-state index >= 15 is 0 Å². The third-order valence-electron chi connectivity index (χ3n) is 5.33. The molecule has 0 aliphatic carbocycles. The van der Waals surface area contributed by atoms with Gasteiger partial charge in [0.05, 0.1) is 6.61 Å². The summed E-state index contributed by atoms with van der Waals surface area (Å²) in [5, 5.41) is 20.0. The number of aryl methyl sites for hydroxylation is 1. The number of thioether (sulfide) groups is 1. The van der Waals surface area contributed by atoms with Crippen LogP contribution in [0, 0.1) is 22.9 Å². The summed E-state index contributed by atoms with van der Waals surface area (Å²) >= 11 is 1.28. The highest BCUT2D eigenvalue weighted by Gasteiger charge is 2.24. The minimum Gasteiger partial charge on any atom is -0.494 e. The first-order valence-electron chi connectivity index (χ1n) is 11.3. The summed E-state index contributed by atoms with van der Waals surface area (Å²) in [5.41, 5.74) is 2.45. The van der Waals surface area contributed by atoms with Crippen molar-refractivity contribution >= 4 is 11.8 Å². The van der Waals surface area contributed by atoms with Crippen LogP contribution in [0.5, 0.6) is 11.5 Å². The summed E-state index contributed by atoms with van der Waals surface area (Å²) in [6.45, 7) is 4.34. The molecule has 1 heterocycles. The lowest BCUT2D eigenvalue weighted by atomic mass is 10.1. The highest BCUT2D eigenvalue weighted by atomic mass is 32.2. The molecule has 4 aromatic rings. The molecule has 186 valence electrons. The molecule has 0 unspecified atom stereocenters. The third-order valence-corrected chi connectivity index (χ3v) is 6.52. The van der Waals surface area contributed by atoms with Crippen molar-refractivity contribution in [3.63, 3.8) is 0 Å². The molecule has 0 bridgehead atoms. The van der Waals surface area contributed by atoms with Crippen LogP contribution in [-0.4, -0.2) is 32.8 Å². The molecule has 10 heteroatoms. The van der Waals surface area contributed by atoms with Crippen molar-refractivity contribution < 1.29 is 18.8 Å². The second-order valence-electron chi connectivity index (χ2n) is 7.90. The van der Waals surface area contributed by atoms with Gasteiger partial charge in [0.1, 0.15) is 35.0 Å². The van der Waals surface area contributed by atoms with E-state index in [0.29, 0.717) is 23.3 Å². The monoisotopic (exact) mass is 508 g/mol. The zero-order chi connectivity index (χ0) is 25.5. The predicted molar refractivity (Wildman–Crippen MR) is 135 cm³/mol. The lowest BCUT2D eigenvalue weighted by Crippen LogP contribution is -2.11. The highest BCUT2D eigenvalue weighted by Crippen LogP contribution is 2.36. The van der Waals surface area contributed by atoms with Crippen LogP contribution in [0.3, 0.4) is 0 Å². The van der Waals surface area contributed by atoms with Crippen LogP contribution in [0.25, 0.3) is 5.69 Å². The first-order valence-corrected chi connectivity index (χ1v) is 12.2. The second-order valence-corrected chi connectivity index (χ2v) is 9.07. The minimum atomic E-state index is -0.490. The highest BCUT2D eigenvalue weighted by molar-refractivity contribution is 7.99. The van der Waals surface area contributed by atoms with Crippen LogP contribution >= 0.6 is 11.8 Å². The van der Waals surface area contributed by atoms with Gasteiger partial charge in [-0.25, -0.2) is 4.39 Å². The van der Waals surface area contributed by atoms with E-state index < -0.39 is 5.25 Å². The van der Waals surface area contributed by atoms with E-state index in [1.54, 1.807) is 24.3 Å². The van der Waals surface area contributed by atoms with Crippen molar-refractivity contribution in [2.75, 3.05) is 13.2 Å². The maximum Gasteiger partial charge on any atom is 0.220 e. The van der Waals surface area contributed by atoms with Crippen LogP contribution in [0.1, 0.15) is 29.1 Å². The van der Waals surface area contributed by atoms with Crippen molar-refractivity contribution in [1.82, 2.24) is 14.8 Å². The number of hydrogen-bond donors (Lipinski definition) is 0. The largest absolute Gasteiger partial charge is 0.494 e. The van der Waals surface area contributed by atoms with E-state index in [4.69, 9.17) is 9.47 Å². The van der Waals surface area contributed by atoms with Crippen molar-refractivity contribution in [2.24, 2.45) is 0 Å². The number of nitrogens with zero attached hydrogens (tertiary/aromatic N) is 4. The normalized spacial score (nSPS) is 11.8. The summed E-state index contributed by atoms with van der Waals surface area (Å²) < 4.78 is 26.2. The van der Waals surface area contributed by atoms with Gasteiger partial charge < -0.3 is 9.47 Å². The van der Waals surface area contributed by atoms with Gasteiger partial charge in [-0.05, 0) is 73.5 Å². The Bertz CT molecular complexity index is 1300. The van der Waals surface area contributed by atoms with E-state index in [0.717, 1.165) is 22.6 Å². The SMILES string of the molecule is CCOc1ccc(-n2c(C)nnc2S[C@@H](C[N+](=O)[O-])c2ccc(OCc3ccc(F)cc3)cc2)cc1. The summed E-state index contributed by atoms with van der Waals surface area (Å²) in [6.07, 6.45) is 0. The van der Waals surface area contributed by atoms with Gasteiger partial charge in [0, 0.05) is 10.6 Å². The van der Waals surface area contributed by atoms with Crippen LogP contribution in [0.2, 0.25) is 0 Å². The number of rotatable bonds is 11. The van der Waals surface area contributed by atoms with Gasteiger partial charge in [-0.3, -0.25) is 14.7 Å². The Hall–Kier alpha value is -3.92. The van der Waals surface area contributed by atoms with Gasteiger partial charge in [0.2, 0.25) is 6.54 Å². The summed E-state index contributed by atoms with van der Waals surface area (Å²) in [5.74, 6) is 1.74. The standard InChI is InChI=1S/C26H25FN4O4S/c1-3-34-23-14-10-22(11-15-23)31-18(2)28-29-26(31)36-25(16-30(32)33)20-6-12-24(13-7-20)35-17-19-4-8-21(27)9-5-19/h4-15,25H,3,16-17H2,1-2H3/t25-/m0/s1. The minimum absolute atomic E-state index is 0.282. The summed E-state index contributed by atoms with van der Waals surface area (Å²) in [4.78, 5) is 11.1. The van der Waals surface area contributed by atoms with Gasteiger partial charge >= 0.3 is 0 Å². The molecule has 0 amide bonds. The van der Waals surface area contributed by atoms with E-state index in [1.807, 2.05) is 54.8 Å². The molecule has 4 rings (SSSR count). The molecular formula is C26H25FN4O4S. The molecule has 0 radical (unpaired) electrons. The van der Waals surface area contributed by atoms with Crippen molar-refractivity contribution in [3.05, 3.63) is 106 Å². The van der Waals surface area contributed by atoms with E-state index in [-0.39, 0.29) is 23.9 Å². The molecule has 0 N–H and O–H groups in total. The molecule has 0 saturated heterocycles. The topological polar surface area (TPSA) is 92.3 Å². The third kappa shape index (κ3) is 6.39. The van der Waals surface area contributed by atoms with Gasteiger partial charge in [0.25, 0.3) is 0 Å². The first-order chi connectivity index (χ1) is 17.4. The van der Waals surface area contributed by atoms with Crippen LogP contribution in [0.15, 0.2) is 78.0 Å². The van der Waals surface area contributed by atoms with Crippen LogP contribution in [-0.2, 0) is 6.61 Å². The summed E-state index contributed by atoms with van der Waals surface area (Å²) in [6, 6.07) is 20.8. The molecular weight excluding hydrogens is 483 g/mol. The Morgan fingerprint density at radius 3 is 2.25 bits per heavy atom. The predicted octanol–water partition coefficient (Wildman–Crippen LogP) is 5.80. The summed E-state index contributed by atoms with van der Waals surface area (Å²) in [7, 11) is 0. The molecule has 8 nitrogen and oxygen atoms in total. The molecule has 1 aromatic heterocycles. The lowest BCUT2D eigenvalue weighted by Gasteiger charge is -2.15. The number of nitro groups is 1. The molecule has 0 aliphatic rings. The van der Waals surface area contributed by atoms with E-state index in [9.17, 15) is 14.5 Å². The molecule has 3 aromatic carbocycles. The Morgan fingerprint density at radius 1 is 0.972 bits per heavy atom. The fourth-order valence-corrected chi connectivity index (χ4v) is 4.75. The van der Waals surface area contributed by atoms with E-state index in [1.165, 1.54) is 23.9 Å². The fraction of sp³-hybridized carbons (Fsp3) is 0.231. The fourth-order valence-electron chi connectivity index (χ4n) is 3.57. The number of benzene rings is 3. The van der Waals surface area contributed by atoms with Gasteiger partial charge in [0.15, 0.2) is 5.16 Å². The quantitative estimate of drug-likeness (QED) is 0.144.